The van der Waals surface area contributed by atoms with Crippen LogP contribution in [0, 0.1) is 5.41 Å². The fourth-order valence-electron chi connectivity index (χ4n) is 2.62. The van der Waals surface area contributed by atoms with Crippen LogP contribution in [0.5, 0.6) is 0 Å². The van der Waals surface area contributed by atoms with Crippen molar-refractivity contribution in [2.24, 2.45) is 11.1 Å². The van der Waals surface area contributed by atoms with Gasteiger partial charge in [0, 0.05) is 26.2 Å². The van der Waals surface area contributed by atoms with E-state index in [9.17, 15) is 4.79 Å². The molecule has 4 heteroatoms. The Kier molecular flexibility index (Phi) is 3.50. The molecule has 1 heterocycles. The number of ether oxygens (including phenoxy) is 1. The normalized spacial score (nSPS) is 29.4. The SMILES string of the molecule is CC1CN(C(=O)C2(CN)CCC2)CCCO1. The minimum atomic E-state index is -0.232. The molecular weight excluding hydrogens is 204 g/mol. The van der Waals surface area contributed by atoms with Gasteiger partial charge in [-0.15, -0.1) is 0 Å². The number of rotatable bonds is 2. The zero-order chi connectivity index (χ0) is 11.6. The van der Waals surface area contributed by atoms with Gasteiger partial charge in [0.15, 0.2) is 0 Å². The van der Waals surface area contributed by atoms with Crippen LogP contribution in [0.25, 0.3) is 0 Å². The van der Waals surface area contributed by atoms with E-state index in [1.165, 1.54) is 0 Å². The molecule has 0 radical (unpaired) electrons. The molecule has 2 aliphatic rings. The Bertz CT molecular complexity index is 258. The van der Waals surface area contributed by atoms with Crippen molar-refractivity contribution in [2.75, 3.05) is 26.2 Å². The van der Waals surface area contributed by atoms with Gasteiger partial charge in [0.05, 0.1) is 11.5 Å². The summed E-state index contributed by atoms with van der Waals surface area (Å²) in [6, 6.07) is 0. The molecule has 1 saturated heterocycles. The van der Waals surface area contributed by atoms with E-state index in [1.807, 2.05) is 11.8 Å². The molecule has 1 saturated carbocycles. The highest BCUT2D eigenvalue weighted by molar-refractivity contribution is 5.84. The minimum absolute atomic E-state index is 0.154. The van der Waals surface area contributed by atoms with Gasteiger partial charge in [0.25, 0.3) is 0 Å². The first-order chi connectivity index (χ1) is 7.68. The summed E-state index contributed by atoms with van der Waals surface area (Å²) < 4.78 is 5.56. The molecule has 1 aliphatic heterocycles. The van der Waals surface area contributed by atoms with E-state index in [1.54, 1.807) is 0 Å². The van der Waals surface area contributed by atoms with Crippen LogP contribution >= 0.6 is 0 Å². The lowest BCUT2D eigenvalue weighted by molar-refractivity contribution is -0.147. The van der Waals surface area contributed by atoms with Gasteiger partial charge >= 0.3 is 0 Å². The van der Waals surface area contributed by atoms with Crippen LogP contribution in [-0.4, -0.2) is 43.2 Å². The third-order valence-electron chi connectivity index (χ3n) is 3.89. The topological polar surface area (TPSA) is 55.6 Å². The number of hydrogen-bond acceptors (Lipinski definition) is 3. The van der Waals surface area contributed by atoms with Gasteiger partial charge in [-0.05, 0) is 26.2 Å². The molecule has 92 valence electrons. The number of nitrogens with zero attached hydrogens (tertiary/aromatic N) is 1. The maximum absolute atomic E-state index is 12.4. The first-order valence-electron chi connectivity index (χ1n) is 6.29. The van der Waals surface area contributed by atoms with E-state index in [0.29, 0.717) is 6.54 Å². The summed E-state index contributed by atoms with van der Waals surface area (Å²) in [4.78, 5) is 14.4. The molecule has 0 aromatic heterocycles. The average Bonchev–Trinajstić information content (AvgIpc) is 2.42. The zero-order valence-electron chi connectivity index (χ0n) is 10.1. The Hall–Kier alpha value is -0.610. The van der Waals surface area contributed by atoms with Gasteiger partial charge in [-0.1, -0.05) is 6.42 Å². The minimum Gasteiger partial charge on any atom is -0.377 e. The Balaban J connectivity index is 2.02. The summed E-state index contributed by atoms with van der Waals surface area (Å²) in [5.74, 6) is 0.263. The molecule has 0 bridgehead atoms. The highest BCUT2D eigenvalue weighted by atomic mass is 16.5. The quantitative estimate of drug-likeness (QED) is 0.756. The van der Waals surface area contributed by atoms with Gasteiger partial charge in [-0.25, -0.2) is 0 Å². The van der Waals surface area contributed by atoms with Gasteiger partial charge < -0.3 is 15.4 Å². The molecule has 2 fully saturated rings. The van der Waals surface area contributed by atoms with Crippen LogP contribution in [0.2, 0.25) is 0 Å². The Morgan fingerprint density at radius 2 is 2.25 bits per heavy atom. The number of nitrogens with two attached hydrogens (primary N) is 1. The Morgan fingerprint density at radius 3 is 2.81 bits per heavy atom. The first-order valence-corrected chi connectivity index (χ1v) is 6.29. The molecule has 4 nitrogen and oxygen atoms in total. The molecule has 1 atom stereocenters. The van der Waals surface area contributed by atoms with E-state index < -0.39 is 0 Å². The van der Waals surface area contributed by atoms with Crippen molar-refractivity contribution in [1.82, 2.24) is 4.90 Å². The first kappa shape index (κ1) is 11.9. The molecule has 0 spiro atoms. The summed E-state index contributed by atoms with van der Waals surface area (Å²) >= 11 is 0. The summed E-state index contributed by atoms with van der Waals surface area (Å²) in [5.41, 5.74) is 5.54. The lowest BCUT2D eigenvalue weighted by Crippen LogP contribution is -2.53. The molecule has 0 aromatic carbocycles. The number of amides is 1. The summed E-state index contributed by atoms with van der Waals surface area (Å²) in [6.07, 6.45) is 4.17. The van der Waals surface area contributed by atoms with Gasteiger partial charge in [0.1, 0.15) is 0 Å². The number of carbonyl (C=O) groups excluding carboxylic acids is 1. The van der Waals surface area contributed by atoms with Crippen molar-refractivity contribution in [3.63, 3.8) is 0 Å². The Morgan fingerprint density at radius 1 is 1.50 bits per heavy atom. The van der Waals surface area contributed by atoms with E-state index in [2.05, 4.69) is 0 Å². The van der Waals surface area contributed by atoms with Crippen molar-refractivity contribution in [2.45, 2.75) is 38.7 Å². The van der Waals surface area contributed by atoms with Crippen molar-refractivity contribution in [3.8, 4) is 0 Å². The molecule has 16 heavy (non-hydrogen) atoms. The molecular formula is C12H22N2O2. The largest absolute Gasteiger partial charge is 0.377 e. The molecule has 2 rings (SSSR count). The van der Waals surface area contributed by atoms with Crippen molar-refractivity contribution in [3.05, 3.63) is 0 Å². The van der Waals surface area contributed by atoms with E-state index in [0.717, 1.165) is 45.4 Å². The fourth-order valence-corrected chi connectivity index (χ4v) is 2.62. The molecule has 1 amide bonds. The van der Waals surface area contributed by atoms with Crippen molar-refractivity contribution in [1.29, 1.82) is 0 Å². The zero-order valence-corrected chi connectivity index (χ0v) is 10.1. The van der Waals surface area contributed by atoms with E-state index >= 15 is 0 Å². The van der Waals surface area contributed by atoms with Crippen molar-refractivity contribution < 1.29 is 9.53 Å². The summed E-state index contributed by atoms with van der Waals surface area (Å²) in [6.45, 7) is 4.84. The smallest absolute Gasteiger partial charge is 0.230 e. The fraction of sp³-hybridized carbons (Fsp3) is 0.917. The second-order valence-electron chi connectivity index (χ2n) is 5.12. The second kappa shape index (κ2) is 4.72. The van der Waals surface area contributed by atoms with Gasteiger partial charge in [-0.2, -0.15) is 0 Å². The highest BCUT2D eigenvalue weighted by Gasteiger charge is 2.45. The third-order valence-corrected chi connectivity index (χ3v) is 3.89. The summed E-state index contributed by atoms with van der Waals surface area (Å²) in [5, 5.41) is 0. The third kappa shape index (κ3) is 2.09. The van der Waals surface area contributed by atoms with Crippen LogP contribution in [0.1, 0.15) is 32.6 Å². The lowest BCUT2D eigenvalue weighted by atomic mass is 9.67. The van der Waals surface area contributed by atoms with E-state index in [-0.39, 0.29) is 17.4 Å². The maximum atomic E-state index is 12.4. The van der Waals surface area contributed by atoms with Gasteiger partial charge in [-0.3, -0.25) is 4.79 Å². The monoisotopic (exact) mass is 226 g/mol. The molecule has 0 aromatic rings. The summed E-state index contributed by atoms with van der Waals surface area (Å²) in [7, 11) is 0. The second-order valence-corrected chi connectivity index (χ2v) is 5.12. The van der Waals surface area contributed by atoms with Crippen LogP contribution in [0.4, 0.5) is 0 Å². The van der Waals surface area contributed by atoms with E-state index in [4.69, 9.17) is 10.5 Å². The standard InChI is InChI=1S/C12H22N2O2/c1-10-8-14(6-3-7-16-10)11(15)12(9-13)4-2-5-12/h10H,2-9,13H2,1H3. The van der Waals surface area contributed by atoms with Crippen LogP contribution < -0.4 is 5.73 Å². The number of hydrogen-bond donors (Lipinski definition) is 1. The average molecular weight is 226 g/mol. The van der Waals surface area contributed by atoms with Crippen LogP contribution in [0.3, 0.4) is 0 Å². The van der Waals surface area contributed by atoms with Gasteiger partial charge in [0.2, 0.25) is 5.91 Å². The van der Waals surface area contributed by atoms with Crippen LogP contribution in [-0.2, 0) is 9.53 Å². The van der Waals surface area contributed by atoms with Crippen molar-refractivity contribution >= 4 is 5.91 Å². The lowest BCUT2D eigenvalue weighted by Gasteiger charge is -2.42. The Labute approximate surface area is 97.1 Å². The predicted molar refractivity (Wildman–Crippen MR) is 61.9 cm³/mol. The highest BCUT2D eigenvalue weighted by Crippen LogP contribution is 2.41. The maximum Gasteiger partial charge on any atom is 0.230 e. The number of carbonyl (C=O) groups is 1. The molecule has 1 aliphatic carbocycles. The molecule has 1 unspecified atom stereocenters. The van der Waals surface area contributed by atoms with Crippen LogP contribution in [0.15, 0.2) is 0 Å². The predicted octanol–water partition coefficient (Wildman–Crippen LogP) is 0.753. The molecule has 2 N–H and O–H groups in total.